The second-order valence-corrected chi connectivity index (χ2v) is 9.64. The smallest absolute Gasteiger partial charge is 0.341 e. The van der Waals surface area contributed by atoms with Gasteiger partial charge in [0, 0.05) is 50.4 Å². The molecule has 192 valence electrons. The van der Waals surface area contributed by atoms with Gasteiger partial charge in [-0.15, -0.1) is 0 Å². The molecule has 10 heteroatoms. The first-order valence-corrected chi connectivity index (χ1v) is 11.9. The van der Waals surface area contributed by atoms with Gasteiger partial charge in [0.25, 0.3) is 0 Å². The Balaban J connectivity index is 1.19. The largest absolute Gasteiger partial charge is 0.457 e. The van der Waals surface area contributed by atoms with Gasteiger partial charge in [0.2, 0.25) is 0 Å². The molecule has 1 saturated heterocycles. The number of piperazine rings is 1. The van der Waals surface area contributed by atoms with Crippen LogP contribution in [0.1, 0.15) is 66.3 Å². The maximum absolute atomic E-state index is 14.5. The summed E-state index contributed by atoms with van der Waals surface area (Å²) in [6.45, 7) is 6.62. The summed E-state index contributed by atoms with van der Waals surface area (Å²) in [5.41, 5.74) is 3.09. The van der Waals surface area contributed by atoms with Crippen LogP contribution in [0.2, 0.25) is 0 Å². The fraction of sp³-hybridized carbons (Fsp3) is 0.462. The number of fused-ring (bicyclic) bond motifs is 2. The van der Waals surface area contributed by atoms with Crippen LogP contribution < -0.4 is 0 Å². The summed E-state index contributed by atoms with van der Waals surface area (Å²) in [5, 5.41) is 21.7. The van der Waals surface area contributed by atoms with Crippen molar-refractivity contribution in [2.24, 2.45) is 0 Å². The summed E-state index contributed by atoms with van der Waals surface area (Å²) >= 11 is 0. The SMILES string of the molecule is Cc1c(C(O)CN2CCN(CC(O)c3cc(F)c4c(c3C)COC4=O)CC2)cc(F)c2c1COC2=O. The molecular weight excluding hydrogens is 474 g/mol. The highest BCUT2D eigenvalue weighted by atomic mass is 19.1. The Hall–Kier alpha value is -2.92. The van der Waals surface area contributed by atoms with Gasteiger partial charge in [-0.25, -0.2) is 18.4 Å². The maximum atomic E-state index is 14.5. The minimum atomic E-state index is -0.931. The van der Waals surface area contributed by atoms with Crippen LogP contribution in [-0.2, 0) is 22.7 Å². The monoisotopic (exact) mass is 502 g/mol. The first-order valence-electron chi connectivity index (χ1n) is 11.9. The van der Waals surface area contributed by atoms with Crippen molar-refractivity contribution in [3.63, 3.8) is 0 Å². The summed E-state index contributed by atoms with van der Waals surface area (Å²) in [5.74, 6) is -2.71. The van der Waals surface area contributed by atoms with Crippen LogP contribution >= 0.6 is 0 Å². The Kier molecular flexibility index (Phi) is 6.54. The van der Waals surface area contributed by atoms with Gasteiger partial charge in [-0.3, -0.25) is 9.80 Å². The minimum Gasteiger partial charge on any atom is -0.457 e. The topological polar surface area (TPSA) is 99.5 Å². The van der Waals surface area contributed by atoms with E-state index in [-0.39, 0.29) is 24.3 Å². The lowest BCUT2D eigenvalue weighted by Crippen LogP contribution is -2.48. The van der Waals surface area contributed by atoms with Crippen molar-refractivity contribution in [1.82, 2.24) is 9.80 Å². The summed E-state index contributed by atoms with van der Waals surface area (Å²) < 4.78 is 38.8. The number of esters is 2. The van der Waals surface area contributed by atoms with Crippen LogP contribution in [0.3, 0.4) is 0 Å². The van der Waals surface area contributed by atoms with Crippen molar-refractivity contribution in [3.8, 4) is 0 Å². The molecule has 1 fully saturated rings. The molecule has 0 bridgehead atoms. The van der Waals surface area contributed by atoms with Gasteiger partial charge in [0.05, 0.1) is 12.2 Å². The molecule has 0 saturated carbocycles. The van der Waals surface area contributed by atoms with E-state index in [0.717, 1.165) is 0 Å². The number of cyclic esters (lactones) is 2. The zero-order valence-electron chi connectivity index (χ0n) is 20.1. The highest BCUT2D eigenvalue weighted by Crippen LogP contribution is 2.33. The number of β-amino-alcohol motifs (C(OH)–C–C–N with tert-alkyl or cyclic N) is 2. The number of aliphatic hydroxyl groups excluding tert-OH is 2. The van der Waals surface area contributed by atoms with Crippen molar-refractivity contribution in [2.45, 2.75) is 39.3 Å². The van der Waals surface area contributed by atoms with Crippen LogP contribution in [0.15, 0.2) is 12.1 Å². The number of carbonyl (C=O) groups is 2. The van der Waals surface area contributed by atoms with Gasteiger partial charge in [-0.1, -0.05) is 0 Å². The normalized spacial score (nSPS) is 19.6. The quantitative estimate of drug-likeness (QED) is 0.581. The molecule has 2 aromatic carbocycles. The lowest BCUT2D eigenvalue weighted by Gasteiger charge is -2.36. The van der Waals surface area contributed by atoms with Gasteiger partial charge in [-0.2, -0.15) is 0 Å². The molecule has 0 aromatic heterocycles. The molecule has 2 atom stereocenters. The molecule has 0 amide bonds. The number of rotatable bonds is 6. The van der Waals surface area contributed by atoms with Crippen LogP contribution in [-0.4, -0.2) is 71.2 Å². The third kappa shape index (κ3) is 4.28. The molecule has 5 rings (SSSR count). The zero-order chi connectivity index (χ0) is 25.7. The average Bonchev–Trinajstić information content (AvgIpc) is 3.43. The third-order valence-corrected chi connectivity index (χ3v) is 7.57. The Morgan fingerprint density at radius 2 is 1.14 bits per heavy atom. The number of benzene rings is 2. The van der Waals surface area contributed by atoms with E-state index < -0.39 is 35.8 Å². The predicted molar refractivity (Wildman–Crippen MR) is 123 cm³/mol. The second kappa shape index (κ2) is 9.51. The Labute approximate surface area is 207 Å². The van der Waals surface area contributed by atoms with E-state index in [0.29, 0.717) is 72.6 Å². The Morgan fingerprint density at radius 3 is 1.50 bits per heavy atom. The fourth-order valence-electron chi connectivity index (χ4n) is 5.40. The molecule has 2 unspecified atom stereocenters. The average molecular weight is 503 g/mol. The Morgan fingerprint density at radius 1 is 0.778 bits per heavy atom. The first-order chi connectivity index (χ1) is 17.2. The van der Waals surface area contributed by atoms with E-state index in [9.17, 15) is 28.6 Å². The highest BCUT2D eigenvalue weighted by Gasteiger charge is 2.32. The number of hydrogen-bond acceptors (Lipinski definition) is 8. The van der Waals surface area contributed by atoms with Gasteiger partial charge in [0.15, 0.2) is 0 Å². The van der Waals surface area contributed by atoms with E-state index in [1.807, 2.05) is 0 Å². The predicted octanol–water partition coefficient (Wildman–Crippen LogP) is 2.31. The zero-order valence-corrected chi connectivity index (χ0v) is 20.1. The van der Waals surface area contributed by atoms with Crippen LogP contribution in [0, 0.1) is 25.5 Å². The minimum absolute atomic E-state index is 0.00933. The molecule has 3 heterocycles. The molecule has 0 spiro atoms. The Bertz CT molecular complexity index is 1150. The number of ether oxygens (including phenoxy) is 2. The third-order valence-electron chi connectivity index (χ3n) is 7.57. The van der Waals surface area contributed by atoms with Crippen molar-refractivity contribution < 1.29 is 38.1 Å². The molecule has 8 nitrogen and oxygen atoms in total. The number of hydrogen-bond donors (Lipinski definition) is 2. The summed E-state index contributed by atoms with van der Waals surface area (Å²) in [4.78, 5) is 27.6. The molecule has 2 aromatic rings. The second-order valence-electron chi connectivity index (χ2n) is 9.64. The highest BCUT2D eigenvalue weighted by molar-refractivity contribution is 5.94. The van der Waals surface area contributed by atoms with Gasteiger partial charge >= 0.3 is 11.9 Å². The van der Waals surface area contributed by atoms with Crippen LogP contribution in [0.5, 0.6) is 0 Å². The van der Waals surface area contributed by atoms with E-state index in [4.69, 9.17) is 9.47 Å². The number of carbonyl (C=O) groups excluding carboxylic acids is 2. The summed E-state index contributed by atoms with van der Waals surface area (Å²) in [7, 11) is 0. The van der Waals surface area contributed by atoms with Gasteiger partial charge in [-0.05, 0) is 48.2 Å². The first kappa shape index (κ1) is 24.8. The van der Waals surface area contributed by atoms with Crippen LogP contribution in [0.4, 0.5) is 8.78 Å². The van der Waals surface area contributed by atoms with Crippen molar-refractivity contribution in [1.29, 1.82) is 0 Å². The molecule has 0 radical (unpaired) electrons. The molecule has 3 aliphatic rings. The van der Waals surface area contributed by atoms with Crippen molar-refractivity contribution >= 4 is 11.9 Å². The number of nitrogens with zero attached hydrogens (tertiary/aromatic N) is 2. The lowest BCUT2D eigenvalue weighted by molar-refractivity contribution is 0.0477. The molecular formula is C26H28F2N2O6. The van der Waals surface area contributed by atoms with E-state index in [1.54, 1.807) is 13.8 Å². The molecule has 36 heavy (non-hydrogen) atoms. The standard InChI is InChI=1S/C26H28F2N2O6/c1-13-15(7-19(27)23-17(13)11-35-25(23)33)21(31)9-29-3-5-30(6-4-29)10-22(32)16-8-20(28)24-18(14(16)2)12-36-26(24)34/h7-8,21-22,31-32H,3-6,9-12H2,1-2H3. The molecule has 2 N–H and O–H groups in total. The molecule has 3 aliphatic heterocycles. The fourth-order valence-corrected chi connectivity index (χ4v) is 5.40. The summed E-state index contributed by atoms with van der Waals surface area (Å²) in [6, 6.07) is 2.43. The van der Waals surface area contributed by atoms with E-state index in [2.05, 4.69) is 9.80 Å². The van der Waals surface area contributed by atoms with Gasteiger partial charge < -0.3 is 19.7 Å². The van der Waals surface area contributed by atoms with Crippen molar-refractivity contribution in [3.05, 3.63) is 68.3 Å². The lowest BCUT2D eigenvalue weighted by atomic mass is 9.94. The number of aliphatic hydroxyl groups is 2. The summed E-state index contributed by atoms with van der Waals surface area (Å²) in [6.07, 6.45) is -1.86. The number of halogens is 2. The van der Waals surface area contributed by atoms with Crippen LogP contribution in [0.25, 0.3) is 0 Å². The maximum Gasteiger partial charge on any atom is 0.341 e. The van der Waals surface area contributed by atoms with E-state index >= 15 is 0 Å². The van der Waals surface area contributed by atoms with Gasteiger partial charge in [0.1, 0.15) is 36.0 Å². The molecule has 0 aliphatic carbocycles. The van der Waals surface area contributed by atoms with Crippen molar-refractivity contribution in [2.75, 3.05) is 39.3 Å². The van der Waals surface area contributed by atoms with E-state index in [1.165, 1.54) is 12.1 Å².